The van der Waals surface area contributed by atoms with Crippen LogP contribution in [0.5, 0.6) is 5.75 Å². The molecule has 9 amide bonds. The van der Waals surface area contributed by atoms with Gasteiger partial charge in [-0.15, -0.1) is 0 Å². The molecule has 1 fully saturated rings. The fourth-order valence-corrected chi connectivity index (χ4v) is 9.51. The second-order valence-corrected chi connectivity index (χ2v) is 22.3. The Morgan fingerprint density at radius 2 is 1.12 bits per heavy atom. The monoisotopic (exact) mass is 1170 g/mol. The van der Waals surface area contributed by atoms with E-state index in [1.54, 1.807) is 13.8 Å². The van der Waals surface area contributed by atoms with Crippen molar-refractivity contribution >= 4 is 65.1 Å². The van der Waals surface area contributed by atoms with Crippen LogP contribution in [0.3, 0.4) is 0 Å². The first-order valence-electron chi connectivity index (χ1n) is 29.8. The van der Waals surface area contributed by atoms with Crippen molar-refractivity contribution in [3.8, 4) is 5.75 Å². The number of primary amides is 1. The molecule has 0 bridgehead atoms. The number of guanidine groups is 2. The number of phenols is 1. The minimum absolute atomic E-state index is 0.0275. The standard InChI is InChI=1S/C57H100N16O10/c1-6-7-8-9-10-11-12-13-14-15-16-23-46(75)66-35-47(76)67-42(21-18-31-65-57(62)63)55(83)73-32-19-22-45(73)53(81)69-41(20-17-30-64-56(60)61)50(78)72-48(37(4)5)54(82)70-43(33-38-25-27-39(74)28-26-38)51(79)71-44(34-58)52(80)68-40(49(59)77)29-24-36(2)3/h25-28,36-37,40-45,48,74H,6-24,29-35,58H2,1-5H3,(H2,59,77)(H,66,75)(H,67,76)(H,68,80)(H,69,81)(H,70,82)(H,71,79)(H,72,78)(H4,60,61,64)(H4,62,63,65). The van der Waals surface area contributed by atoms with E-state index in [2.05, 4.69) is 54.8 Å². The molecule has 0 spiro atoms. The van der Waals surface area contributed by atoms with Gasteiger partial charge in [-0.3, -0.25) is 54.0 Å². The van der Waals surface area contributed by atoms with Crippen LogP contribution in [-0.4, -0.2) is 150 Å². The quantitative estimate of drug-likeness (QED) is 0.0244. The smallest absolute Gasteiger partial charge is 0.245 e. The third-order valence-corrected chi connectivity index (χ3v) is 14.3. The molecule has 2 rings (SSSR count). The van der Waals surface area contributed by atoms with Gasteiger partial charge in [0.25, 0.3) is 0 Å². The summed E-state index contributed by atoms with van der Waals surface area (Å²) in [6.45, 7) is 9.10. The third-order valence-electron chi connectivity index (χ3n) is 14.3. The molecule has 7 unspecified atom stereocenters. The summed E-state index contributed by atoms with van der Waals surface area (Å²) in [5.41, 5.74) is 23.0. The van der Waals surface area contributed by atoms with Gasteiger partial charge in [-0.25, -0.2) is 0 Å². The van der Waals surface area contributed by atoms with Gasteiger partial charge < -0.3 is 80.8 Å². The van der Waals surface area contributed by atoms with Gasteiger partial charge in [0.1, 0.15) is 48.0 Å². The summed E-state index contributed by atoms with van der Waals surface area (Å²) in [5, 5.41) is 49.1. The van der Waals surface area contributed by atoms with Crippen molar-refractivity contribution < 1.29 is 48.3 Å². The van der Waals surface area contributed by atoms with Crippen molar-refractivity contribution in [2.75, 3.05) is 32.7 Å². The molecule has 0 aromatic heterocycles. The summed E-state index contributed by atoms with van der Waals surface area (Å²) in [4.78, 5) is 124. The third kappa shape index (κ3) is 29.5. The molecule has 468 valence electrons. The fraction of sp³-hybridized carbons (Fsp3) is 0.702. The average molecular weight is 1170 g/mol. The lowest BCUT2D eigenvalue weighted by Crippen LogP contribution is -2.61. The van der Waals surface area contributed by atoms with Gasteiger partial charge in [-0.2, -0.15) is 0 Å². The van der Waals surface area contributed by atoms with Crippen molar-refractivity contribution in [1.82, 2.24) is 52.8 Å². The number of nitrogens with zero attached hydrogens (tertiary/aromatic N) is 1. The van der Waals surface area contributed by atoms with Crippen LogP contribution in [0.2, 0.25) is 0 Å². The topological polar surface area (TPSA) is 437 Å². The minimum atomic E-state index is -1.39. The number of phenolic OH excluding ortho intramolecular Hbond substituents is 1. The Labute approximate surface area is 490 Å². The van der Waals surface area contributed by atoms with Crippen LogP contribution in [0.4, 0.5) is 0 Å². The van der Waals surface area contributed by atoms with Crippen LogP contribution in [0.15, 0.2) is 24.3 Å². The van der Waals surface area contributed by atoms with Gasteiger partial charge in [0, 0.05) is 39.0 Å². The Hall–Kier alpha value is -7.25. The summed E-state index contributed by atoms with van der Waals surface area (Å²) in [7, 11) is 0. The highest BCUT2D eigenvalue weighted by molar-refractivity contribution is 5.98. The molecule has 0 aliphatic carbocycles. The molecule has 1 aromatic rings. The Morgan fingerprint density at radius 1 is 0.590 bits per heavy atom. The molecular weight excluding hydrogens is 1070 g/mol. The first kappa shape index (κ1) is 71.9. The van der Waals surface area contributed by atoms with Gasteiger partial charge in [0.2, 0.25) is 53.2 Å². The maximum atomic E-state index is 14.4. The first-order chi connectivity index (χ1) is 39.5. The number of likely N-dealkylation sites (tertiary alicyclic amines) is 1. The number of nitrogens with one attached hydrogen (secondary N) is 11. The number of aromatic hydroxyl groups is 1. The highest BCUT2D eigenvalue weighted by Gasteiger charge is 2.40. The number of carbonyl (C=O) groups excluding carboxylic acids is 9. The molecule has 26 heteroatoms. The minimum Gasteiger partial charge on any atom is -0.508 e. The molecule has 1 heterocycles. The molecule has 7 atom stereocenters. The lowest BCUT2D eigenvalue weighted by Gasteiger charge is -2.31. The largest absolute Gasteiger partial charge is 0.508 e. The Morgan fingerprint density at radius 3 is 1.66 bits per heavy atom. The summed E-state index contributed by atoms with van der Waals surface area (Å²) in [6, 6.07) is -2.80. The molecular formula is C57H100N16O10. The van der Waals surface area contributed by atoms with E-state index in [9.17, 15) is 48.3 Å². The van der Waals surface area contributed by atoms with E-state index in [4.69, 9.17) is 33.8 Å². The van der Waals surface area contributed by atoms with E-state index in [1.807, 2.05) is 13.8 Å². The Kier molecular flexibility index (Phi) is 34.7. The summed E-state index contributed by atoms with van der Waals surface area (Å²) >= 11 is 0. The van der Waals surface area contributed by atoms with Crippen molar-refractivity contribution in [3.63, 3.8) is 0 Å². The van der Waals surface area contributed by atoms with E-state index in [0.717, 1.165) is 19.3 Å². The molecule has 20 N–H and O–H groups in total. The van der Waals surface area contributed by atoms with E-state index in [-0.39, 0.29) is 101 Å². The van der Waals surface area contributed by atoms with Crippen LogP contribution >= 0.6 is 0 Å². The molecule has 0 saturated carbocycles. The highest BCUT2D eigenvalue weighted by atomic mass is 16.3. The van der Waals surface area contributed by atoms with Gasteiger partial charge >= 0.3 is 0 Å². The number of hydrogen-bond donors (Lipinski definition) is 16. The Balaban J connectivity index is 2.28. The Bertz CT molecular complexity index is 2230. The van der Waals surface area contributed by atoms with Crippen LogP contribution < -0.4 is 70.8 Å². The molecule has 1 saturated heterocycles. The van der Waals surface area contributed by atoms with Crippen LogP contribution in [0, 0.1) is 22.7 Å². The number of benzene rings is 1. The fourth-order valence-electron chi connectivity index (χ4n) is 9.51. The van der Waals surface area contributed by atoms with Gasteiger partial charge in [-0.1, -0.05) is 111 Å². The average Bonchev–Trinajstić information content (AvgIpc) is 4.09. The number of unbranched alkanes of at least 4 members (excludes halogenated alkanes) is 10. The molecule has 1 aliphatic rings. The maximum Gasteiger partial charge on any atom is 0.245 e. The lowest BCUT2D eigenvalue weighted by atomic mass is 9.99. The molecule has 26 nitrogen and oxygen atoms in total. The number of amides is 9. The van der Waals surface area contributed by atoms with Crippen molar-refractivity contribution in [1.29, 1.82) is 10.8 Å². The predicted molar refractivity (Wildman–Crippen MR) is 318 cm³/mol. The second-order valence-electron chi connectivity index (χ2n) is 22.3. The van der Waals surface area contributed by atoms with Crippen molar-refractivity contribution in [3.05, 3.63) is 29.8 Å². The zero-order chi connectivity index (χ0) is 61.9. The summed E-state index contributed by atoms with van der Waals surface area (Å²) < 4.78 is 0. The highest BCUT2D eigenvalue weighted by Crippen LogP contribution is 2.21. The van der Waals surface area contributed by atoms with Crippen LogP contribution in [-0.2, 0) is 49.6 Å². The molecule has 1 aliphatic heterocycles. The maximum absolute atomic E-state index is 14.4. The first-order valence-corrected chi connectivity index (χ1v) is 29.8. The summed E-state index contributed by atoms with van der Waals surface area (Å²) in [6.07, 6.45) is 14.5. The van der Waals surface area contributed by atoms with E-state index in [1.165, 1.54) is 74.1 Å². The summed E-state index contributed by atoms with van der Waals surface area (Å²) in [5.74, 6) is -7.23. The normalized spacial score (nSPS) is 15.1. The van der Waals surface area contributed by atoms with E-state index in [0.29, 0.717) is 31.2 Å². The number of hydrogen-bond acceptors (Lipinski definition) is 13. The second kappa shape index (κ2) is 40.1. The van der Waals surface area contributed by atoms with Crippen LogP contribution in [0.1, 0.15) is 169 Å². The zero-order valence-corrected chi connectivity index (χ0v) is 49.8. The zero-order valence-electron chi connectivity index (χ0n) is 49.8. The van der Waals surface area contributed by atoms with E-state index >= 15 is 0 Å². The van der Waals surface area contributed by atoms with Crippen molar-refractivity contribution in [2.24, 2.45) is 34.8 Å². The van der Waals surface area contributed by atoms with E-state index < -0.39 is 102 Å². The number of carbonyl (C=O) groups is 9. The molecule has 1 aromatic carbocycles. The van der Waals surface area contributed by atoms with Crippen LogP contribution in [0.25, 0.3) is 0 Å². The van der Waals surface area contributed by atoms with Gasteiger partial charge in [-0.05, 0) is 87.3 Å². The SMILES string of the molecule is CCCCCCCCCCCCCC(=O)NCC(=O)NC(CCCNC(=N)N)C(=O)N1CCCC1C(=O)NC(CCCNC(=N)N)C(=O)NC(C(=O)NC(Cc1ccc(O)cc1)C(=O)NC(CN)C(=O)NC(CCC(C)C)C(N)=O)C(C)C. The molecule has 83 heavy (non-hydrogen) atoms. The lowest BCUT2D eigenvalue weighted by molar-refractivity contribution is -0.142. The van der Waals surface area contributed by atoms with Crippen molar-refractivity contribution in [2.45, 2.75) is 212 Å². The molecule has 0 radical (unpaired) electrons. The predicted octanol–water partition coefficient (Wildman–Crippen LogP) is 0.715. The number of nitrogens with two attached hydrogens (primary N) is 4. The van der Waals surface area contributed by atoms with Gasteiger partial charge in [0.15, 0.2) is 11.9 Å². The van der Waals surface area contributed by atoms with Gasteiger partial charge in [0.05, 0.1) is 6.54 Å². The number of rotatable bonds is 42.